The van der Waals surface area contributed by atoms with E-state index in [1.54, 1.807) is 6.07 Å². The van der Waals surface area contributed by atoms with Gasteiger partial charge in [-0.15, -0.1) is 0 Å². The van der Waals surface area contributed by atoms with E-state index in [2.05, 4.69) is 0 Å². The number of hydrogen-bond acceptors (Lipinski definition) is 3. The number of nitrogens with zero attached hydrogens (tertiary/aromatic N) is 2. The lowest BCUT2D eigenvalue weighted by molar-refractivity contribution is -0.134. The summed E-state index contributed by atoms with van der Waals surface area (Å²) in [6, 6.07) is 23.4. The van der Waals surface area contributed by atoms with Crippen molar-refractivity contribution in [3.63, 3.8) is 0 Å². The Labute approximate surface area is 159 Å². The molecule has 0 aliphatic carbocycles. The smallest absolute Gasteiger partial charge is 0.273 e. The molecule has 0 radical (unpaired) electrons. The van der Waals surface area contributed by atoms with E-state index in [0.29, 0.717) is 18.5 Å². The molecule has 27 heavy (non-hydrogen) atoms. The first kappa shape index (κ1) is 17.4. The second-order valence-corrected chi connectivity index (χ2v) is 7.61. The molecule has 3 aromatic carbocycles. The van der Waals surface area contributed by atoms with Crippen LogP contribution in [-0.4, -0.2) is 27.4 Å². The number of imide groups is 1. The highest BCUT2D eigenvalue weighted by Gasteiger charge is 2.46. The molecule has 0 N–H and O–H groups in total. The van der Waals surface area contributed by atoms with Gasteiger partial charge in [-0.3, -0.25) is 9.59 Å². The molecule has 4 nitrogen and oxygen atoms in total. The minimum atomic E-state index is -0.417. The fourth-order valence-corrected chi connectivity index (χ4v) is 3.65. The summed E-state index contributed by atoms with van der Waals surface area (Å²) in [7, 11) is 0. The summed E-state index contributed by atoms with van der Waals surface area (Å²) in [5.41, 5.74) is 1.17. The third-order valence-corrected chi connectivity index (χ3v) is 5.12. The van der Waals surface area contributed by atoms with Crippen molar-refractivity contribution in [3.05, 3.63) is 83.9 Å². The van der Waals surface area contributed by atoms with E-state index in [0.717, 1.165) is 16.3 Å². The summed E-state index contributed by atoms with van der Waals surface area (Å²) in [6.45, 7) is 4.52. The third-order valence-electron chi connectivity index (χ3n) is 5.12. The first-order valence-corrected chi connectivity index (χ1v) is 9.13. The van der Waals surface area contributed by atoms with Crippen LogP contribution in [0.25, 0.3) is 10.8 Å². The Hall–Kier alpha value is -2.98. The van der Waals surface area contributed by atoms with Crippen molar-refractivity contribution in [2.45, 2.75) is 32.4 Å². The molecule has 4 heteroatoms. The molecule has 0 atom stereocenters. The van der Waals surface area contributed by atoms with Crippen LogP contribution in [0.15, 0.2) is 72.8 Å². The van der Waals surface area contributed by atoms with Crippen LogP contribution in [0, 0.1) is 0 Å². The van der Waals surface area contributed by atoms with E-state index < -0.39 is 5.54 Å². The summed E-state index contributed by atoms with van der Waals surface area (Å²) in [5.74, 6) is -0.429. The Kier molecular flexibility index (Phi) is 4.28. The number of amides is 2. The predicted octanol–water partition coefficient (Wildman–Crippen LogP) is 4.41. The zero-order valence-corrected chi connectivity index (χ0v) is 15.6. The van der Waals surface area contributed by atoms with Crippen molar-refractivity contribution >= 4 is 22.6 Å². The second kappa shape index (κ2) is 6.63. The minimum Gasteiger partial charge on any atom is -0.273 e. The van der Waals surface area contributed by atoms with Gasteiger partial charge in [0.1, 0.15) is 0 Å². The van der Waals surface area contributed by atoms with E-state index in [1.165, 1.54) is 5.01 Å². The zero-order chi connectivity index (χ0) is 19.0. The van der Waals surface area contributed by atoms with E-state index in [9.17, 15) is 9.59 Å². The third kappa shape index (κ3) is 3.24. The lowest BCUT2D eigenvalue weighted by atomic mass is 10.0. The molecule has 4 rings (SSSR count). The van der Waals surface area contributed by atoms with Crippen molar-refractivity contribution < 1.29 is 9.59 Å². The zero-order valence-electron chi connectivity index (χ0n) is 15.6. The highest BCUT2D eigenvalue weighted by molar-refractivity contribution is 6.07. The van der Waals surface area contributed by atoms with E-state index in [1.807, 2.05) is 85.6 Å². The molecule has 0 unspecified atom stereocenters. The number of rotatable bonds is 3. The fourth-order valence-electron chi connectivity index (χ4n) is 3.65. The minimum absolute atomic E-state index is 0.158. The average molecular weight is 358 g/mol. The average Bonchev–Trinajstić information content (AvgIpc) is 2.89. The van der Waals surface area contributed by atoms with Crippen molar-refractivity contribution in [3.8, 4) is 0 Å². The summed E-state index contributed by atoms with van der Waals surface area (Å²) >= 11 is 0. The van der Waals surface area contributed by atoms with Gasteiger partial charge in [-0.1, -0.05) is 60.7 Å². The highest BCUT2D eigenvalue weighted by atomic mass is 16.2. The Balaban J connectivity index is 1.69. The van der Waals surface area contributed by atoms with Gasteiger partial charge in [0.25, 0.3) is 5.91 Å². The standard InChI is InChI=1S/C23H22N2O2/c1-23(2)15-21(26)25(24(23)16-17-8-4-3-5-9-17)22(27)20-13-12-18-10-6-7-11-19(18)14-20/h3-14H,15-16H2,1-2H3. The fraction of sp³-hybridized carbons (Fsp3) is 0.217. The van der Waals surface area contributed by atoms with Gasteiger partial charge in [0.2, 0.25) is 5.91 Å². The van der Waals surface area contributed by atoms with Crippen LogP contribution < -0.4 is 0 Å². The number of carbonyl (C=O) groups excluding carboxylic acids is 2. The quantitative estimate of drug-likeness (QED) is 0.651. The number of hydrazine groups is 1. The Morgan fingerprint density at radius 1 is 0.926 bits per heavy atom. The predicted molar refractivity (Wildman–Crippen MR) is 106 cm³/mol. The van der Waals surface area contributed by atoms with Gasteiger partial charge < -0.3 is 0 Å². The second-order valence-electron chi connectivity index (χ2n) is 7.61. The monoisotopic (exact) mass is 358 g/mol. The molecular weight excluding hydrogens is 336 g/mol. The summed E-state index contributed by atoms with van der Waals surface area (Å²) in [6.07, 6.45) is 0.319. The largest absolute Gasteiger partial charge is 0.275 e. The molecule has 1 aliphatic rings. The van der Waals surface area contributed by atoms with Crippen LogP contribution in [0.2, 0.25) is 0 Å². The van der Waals surface area contributed by atoms with Gasteiger partial charge in [0, 0.05) is 24.1 Å². The van der Waals surface area contributed by atoms with Crippen molar-refractivity contribution in [1.82, 2.24) is 10.0 Å². The van der Waals surface area contributed by atoms with Crippen LogP contribution in [0.3, 0.4) is 0 Å². The molecule has 2 amide bonds. The molecule has 136 valence electrons. The molecule has 0 saturated carbocycles. The van der Waals surface area contributed by atoms with Crippen LogP contribution in [0.1, 0.15) is 36.2 Å². The molecule has 1 aliphatic heterocycles. The van der Waals surface area contributed by atoms with Gasteiger partial charge in [0.15, 0.2) is 0 Å². The first-order chi connectivity index (χ1) is 13.0. The number of carbonyl (C=O) groups is 2. The van der Waals surface area contributed by atoms with Crippen molar-refractivity contribution in [1.29, 1.82) is 0 Å². The molecule has 1 heterocycles. The molecule has 0 aromatic heterocycles. The van der Waals surface area contributed by atoms with Gasteiger partial charge in [-0.25, -0.2) is 10.0 Å². The van der Waals surface area contributed by atoms with Gasteiger partial charge in [0.05, 0.1) is 0 Å². The van der Waals surface area contributed by atoms with Crippen molar-refractivity contribution in [2.24, 2.45) is 0 Å². The number of benzene rings is 3. The number of fused-ring (bicyclic) bond motifs is 1. The van der Waals surface area contributed by atoms with E-state index in [-0.39, 0.29) is 11.8 Å². The van der Waals surface area contributed by atoms with E-state index >= 15 is 0 Å². The van der Waals surface area contributed by atoms with Crippen LogP contribution >= 0.6 is 0 Å². The number of hydrogen-bond donors (Lipinski definition) is 0. The molecule has 0 bridgehead atoms. The highest BCUT2D eigenvalue weighted by Crippen LogP contribution is 2.33. The lowest BCUT2D eigenvalue weighted by Gasteiger charge is -2.35. The lowest BCUT2D eigenvalue weighted by Crippen LogP contribution is -2.49. The van der Waals surface area contributed by atoms with Gasteiger partial charge in [-0.2, -0.15) is 0 Å². The van der Waals surface area contributed by atoms with Crippen LogP contribution in [0.5, 0.6) is 0 Å². The van der Waals surface area contributed by atoms with Crippen LogP contribution in [0.4, 0.5) is 0 Å². The maximum absolute atomic E-state index is 13.3. The Morgan fingerprint density at radius 3 is 2.33 bits per heavy atom. The molecule has 0 spiro atoms. The Bertz CT molecular complexity index is 1010. The SMILES string of the molecule is CC1(C)CC(=O)N(C(=O)c2ccc3ccccc3c2)N1Cc1ccccc1. The van der Waals surface area contributed by atoms with Crippen molar-refractivity contribution in [2.75, 3.05) is 0 Å². The molecule has 1 saturated heterocycles. The molecule has 3 aromatic rings. The summed E-state index contributed by atoms with van der Waals surface area (Å²) < 4.78 is 0. The topological polar surface area (TPSA) is 40.6 Å². The molecular formula is C23H22N2O2. The summed E-state index contributed by atoms with van der Waals surface area (Å²) in [5, 5.41) is 5.28. The maximum Gasteiger partial charge on any atom is 0.275 e. The van der Waals surface area contributed by atoms with Gasteiger partial charge >= 0.3 is 0 Å². The maximum atomic E-state index is 13.3. The van der Waals surface area contributed by atoms with E-state index in [4.69, 9.17) is 0 Å². The van der Waals surface area contributed by atoms with Crippen LogP contribution in [-0.2, 0) is 11.3 Å². The normalized spacial score (nSPS) is 16.8. The van der Waals surface area contributed by atoms with Gasteiger partial charge in [-0.05, 0) is 42.3 Å². The summed E-state index contributed by atoms with van der Waals surface area (Å²) in [4.78, 5) is 26.0. The first-order valence-electron chi connectivity index (χ1n) is 9.13. The Morgan fingerprint density at radius 2 is 1.59 bits per heavy atom. The molecule has 1 fully saturated rings.